The number of rotatable bonds is 9. The molecular weight excluding hydrogens is 300 g/mol. The Kier molecular flexibility index (Phi) is 8.01. The summed E-state index contributed by atoms with van der Waals surface area (Å²) in [6.07, 6.45) is 2.34. The average molecular weight is 324 g/mol. The van der Waals surface area contributed by atoms with E-state index in [1.165, 1.54) is 23.7 Å². The highest BCUT2D eigenvalue weighted by Crippen LogP contribution is 2.03. The van der Waals surface area contributed by atoms with Gasteiger partial charge in [0.15, 0.2) is 11.8 Å². The second-order valence-corrected chi connectivity index (χ2v) is 5.20. The van der Waals surface area contributed by atoms with Crippen molar-refractivity contribution in [3.63, 3.8) is 0 Å². The minimum atomic E-state index is -1.02. The Morgan fingerprint density at radius 2 is 1.91 bits per heavy atom. The third kappa shape index (κ3) is 6.22. The molecule has 1 aromatic heterocycles. The van der Waals surface area contributed by atoms with Crippen molar-refractivity contribution in [2.45, 2.75) is 59.1 Å². The summed E-state index contributed by atoms with van der Waals surface area (Å²) in [5.74, 6) is -1.35. The SMILES string of the molecule is CCCCOC(=O)[C@H](C)OC(=O)c1ccc(=O)n(CCCC)n1. The molecule has 0 N–H and O–H groups in total. The summed E-state index contributed by atoms with van der Waals surface area (Å²) in [5, 5.41) is 3.98. The molecule has 0 saturated carbocycles. The van der Waals surface area contributed by atoms with Gasteiger partial charge in [-0.15, -0.1) is 0 Å². The summed E-state index contributed by atoms with van der Waals surface area (Å²) in [6.45, 7) is 6.16. The van der Waals surface area contributed by atoms with Gasteiger partial charge in [-0.25, -0.2) is 14.3 Å². The molecule has 7 heteroatoms. The Hall–Kier alpha value is -2.18. The van der Waals surface area contributed by atoms with Crippen LogP contribution in [0.15, 0.2) is 16.9 Å². The van der Waals surface area contributed by atoms with Crippen LogP contribution in [0.1, 0.15) is 56.9 Å². The second kappa shape index (κ2) is 9.76. The Labute approximate surface area is 135 Å². The third-order valence-corrected chi connectivity index (χ3v) is 3.16. The Morgan fingerprint density at radius 1 is 1.22 bits per heavy atom. The average Bonchev–Trinajstić information content (AvgIpc) is 2.54. The van der Waals surface area contributed by atoms with Crippen molar-refractivity contribution in [3.8, 4) is 0 Å². The summed E-state index contributed by atoms with van der Waals surface area (Å²) in [7, 11) is 0. The molecule has 1 aromatic rings. The van der Waals surface area contributed by atoms with E-state index < -0.39 is 18.0 Å². The maximum absolute atomic E-state index is 12.0. The fourth-order valence-corrected chi connectivity index (χ4v) is 1.73. The van der Waals surface area contributed by atoms with E-state index in [9.17, 15) is 14.4 Å². The van der Waals surface area contributed by atoms with E-state index in [1.807, 2.05) is 13.8 Å². The molecule has 0 fully saturated rings. The number of ether oxygens (including phenoxy) is 2. The van der Waals surface area contributed by atoms with E-state index in [1.54, 1.807) is 0 Å². The minimum Gasteiger partial charge on any atom is -0.463 e. The molecule has 0 aliphatic heterocycles. The monoisotopic (exact) mass is 324 g/mol. The lowest BCUT2D eigenvalue weighted by Gasteiger charge is -2.12. The number of hydrogen-bond acceptors (Lipinski definition) is 6. The molecule has 0 amide bonds. The molecule has 0 aliphatic rings. The number of aromatic nitrogens is 2. The zero-order valence-electron chi connectivity index (χ0n) is 13.9. The smallest absolute Gasteiger partial charge is 0.359 e. The first-order valence-corrected chi connectivity index (χ1v) is 7.95. The number of esters is 2. The van der Waals surface area contributed by atoms with E-state index in [2.05, 4.69) is 5.10 Å². The number of nitrogens with zero attached hydrogens (tertiary/aromatic N) is 2. The largest absolute Gasteiger partial charge is 0.463 e. The Morgan fingerprint density at radius 3 is 2.57 bits per heavy atom. The van der Waals surface area contributed by atoms with Crippen molar-refractivity contribution in [1.29, 1.82) is 0 Å². The van der Waals surface area contributed by atoms with Crippen LogP contribution >= 0.6 is 0 Å². The van der Waals surface area contributed by atoms with Crippen LogP contribution in [0.25, 0.3) is 0 Å². The molecule has 0 bridgehead atoms. The predicted octanol–water partition coefficient (Wildman–Crippen LogP) is 1.93. The van der Waals surface area contributed by atoms with Crippen LogP contribution < -0.4 is 5.56 Å². The highest BCUT2D eigenvalue weighted by Gasteiger charge is 2.21. The van der Waals surface area contributed by atoms with Gasteiger partial charge in [0, 0.05) is 12.6 Å². The topological polar surface area (TPSA) is 87.5 Å². The van der Waals surface area contributed by atoms with Crippen molar-refractivity contribution in [2.75, 3.05) is 6.61 Å². The third-order valence-electron chi connectivity index (χ3n) is 3.16. The molecule has 0 spiro atoms. The van der Waals surface area contributed by atoms with Gasteiger partial charge in [0.2, 0.25) is 0 Å². The maximum atomic E-state index is 12.0. The molecule has 0 unspecified atom stereocenters. The first-order chi connectivity index (χ1) is 11.0. The number of unbranched alkanes of at least 4 members (excludes halogenated alkanes) is 2. The zero-order chi connectivity index (χ0) is 17.2. The molecule has 0 radical (unpaired) electrons. The van der Waals surface area contributed by atoms with Crippen LogP contribution in [0.2, 0.25) is 0 Å². The number of aryl methyl sites for hydroxylation is 1. The Bertz CT molecular complexity index is 582. The lowest BCUT2D eigenvalue weighted by Crippen LogP contribution is -2.29. The standard InChI is InChI=1S/C16H24N2O5/c1-4-6-10-18-14(19)9-8-13(17-18)16(21)23-12(3)15(20)22-11-7-5-2/h8-9,12H,4-7,10-11H2,1-3H3/t12-/m0/s1. The number of carbonyl (C=O) groups is 2. The van der Waals surface area contributed by atoms with Crippen molar-refractivity contribution < 1.29 is 19.1 Å². The van der Waals surface area contributed by atoms with Crippen LogP contribution in [0.3, 0.4) is 0 Å². The van der Waals surface area contributed by atoms with Crippen LogP contribution in [-0.2, 0) is 20.8 Å². The summed E-state index contributed by atoms with van der Waals surface area (Å²) < 4.78 is 11.2. The molecule has 23 heavy (non-hydrogen) atoms. The summed E-state index contributed by atoms with van der Waals surface area (Å²) >= 11 is 0. The van der Waals surface area contributed by atoms with Gasteiger partial charge in [0.05, 0.1) is 6.61 Å². The fraction of sp³-hybridized carbons (Fsp3) is 0.625. The summed E-state index contributed by atoms with van der Waals surface area (Å²) in [6, 6.07) is 2.56. The summed E-state index contributed by atoms with van der Waals surface area (Å²) in [4.78, 5) is 35.3. The van der Waals surface area contributed by atoms with Crippen LogP contribution in [0.4, 0.5) is 0 Å². The predicted molar refractivity (Wildman–Crippen MR) is 84.1 cm³/mol. The quantitative estimate of drug-likeness (QED) is 0.509. The normalized spacial score (nSPS) is 11.8. The molecule has 7 nitrogen and oxygen atoms in total. The van der Waals surface area contributed by atoms with Gasteiger partial charge in [-0.05, 0) is 25.8 Å². The highest BCUT2D eigenvalue weighted by atomic mass is 16.6. The Balaban J connectivity index is 2.66. The second-order valence-electron chi connectivity index (χ2n) is 5.20. The van der Waals surface area contributed by atoms with E-state index in [4.69, 9.17) is 9.47 Å². The van der Waals surface area contributed by atoms with E-state index in [0.717, 1.165) is 25.7 Å². The van der Waals surface area contributed by atoms with Crippen molar-refractivity contribution >= 4 is 11.9 Å². The zero-order valence-corrected chi connectivity index (χ0v) is 13.9. The van der Waals surface area contributed by atoms with Crippen molar-refractivity contribution in [1.82, 2.24) is 9.78 Å². The molecule has 0 aliphatic carbocycles. The van der Waals surface area contributed by atoms with Gasteiger partial charge in [-0.3, -0.25) is 4.79 Å². The van der Waals surface area contributed by atoms with Gasteiger partial charge in [-0.1, -0.05) is 26.7 Å². The maximum Gasteiger partial charge on any atom is 0.359 e. The minimum absolute atomic E-state index is 0.00564. The van der Waals surface area contributed by atoms with Gasteiger partial charge in [0.25, 0.3) is 5.56 Å². The van der Waals surface area contributed by atoms with Gasteiger partial charge < -0.3 is 9.47 Å². The lowest BCUT2D eigenvalue weighted by atomic mass is 10.3. The number of carbonyl (C=O) groups excluding carboxylic acids is 2. The molecule has 0 saturated heterocycles. The molecule has 128 valence electrons. The van der Waals surface area contributed by atoms with Gasteiger partial charge in [0.1, 0.15) is 0 Å². The molecule has 1 rings (SSSR count). The molecular formula is C16H24N2O5. The van der Waals surface area contributed by atoms with Gasteiger partial charge >= 0.3 is 11.9 Å². The van der Waals surface area contributed by atoms with Crippen LogP contribution in [0.5, 0.6) is 0 Å². The van der Waals surface area contributed by atoms with Crippen LogP contribution in [-0.4, -0.2) is 34.4 Å². The summed E-state index contributed by atoms with van der Waals surface area (Å²) in [5.41, 5.74) is -0.282. The number of hydrogen-bond donors (Lipinski definition) is 0. The van der Waals surface area contributed by atoms with Crippen LogP contribution in [0, 0.1) is 0 Å². The molecule has 1 atom stereocenters. The van der Waals surface area contributed by atoms with E-state index in [-0.39, 0.29) is 11.3 Å². The lowest BCUT2D eigenvalue weighted by molar-refractivity contribution is -0.153. The van der Waals surface area contributed by atoms with E-state index >= 15 is 0 Å². The first-order valence-electron chi connectivity index (χ1n) is 7.95. The van der Waals surface area contributed by atoms with Crippen molar-refractivity contribution in [3.05, 3.63) is 28.2 Å². The van der Waals surface area contributed by atoms with E-state index in [0.29, 0.717) is 13.2 Å². The van der Waals surface area contributed by atoms with Gasteiger partial charge in [-0.2, -0.15) is 5.10 Å². The first kappa shape index (κ1) is 18.9. The molecule has 1 heterocycles. The van der Waals surface area contributed by atoms with Crippen molar-refractivity contribution in [2.24, 2.45) is 0 Å². The fourth-order valence-electron chi connectivity index (χ4n) is 1.73. The highest BCUT2D eigenvalue weighted by molar-refractivity contribution is 5.89. The molecule has 0 aromatic carbocycles.